The predicted octanol–water partition coefficient (Wildman–Crippen LogP) is 3.25. The van der Waals surface area contributed by atoms with Gasteiger partial charge in [0.25, 0.3) is 10.0 Å². The molecule has 2 N–H and O–H groups in total. The van der Waals surface area contributed by atoms with Crippen LogP contribution in [-0.4, -0.2) is 18.6 Å². The van der Waals surface area contributed by atoms with Crippen molar-refractivity contribution in [1.82, 2.24) is 10.2 Å². The minimum Gasteiger partial charge on any atom is -0.280 e. The molecular weight excluding hydrogens is 293 g/mol. The molecule has 7 heteroatoms. The minimum atomic E-state index is -3.98. The number of aromatic amines is 1. The highest BCUT2D eigenvalue weighted by molar-refractivity contribution is 7.92. The molecule has 2 rings (SSSR count). The summed E-state index contributed by atoms with van der Waals surface area (Å²) in [5, 5.41) is 6.73. The van der Waals surface area contributed by atoms with Gasteiger partial charge in [-0.05, 0) is 24.5 Å². The van der Waals surface area contributed by atoms with Crippen molar-refractivity contribution in [2.24, 2.45) is 0 Å². The van der Waals surface area contributed by atoms with Gasteiger partial charge >= 0.3 is 0 Å². The Labute approximate surface area is 123 Å². The van der Waals surface area contributed by atoms with Gasteiger partial charge in [-0.3, -0.25) is 9.82 Å². The van der Waals surface area contributed by atoms with E-state index in [9.17, 15) is 12.8 Å². The Bertz CT molecular complexity index is 713. The molecule has 0 spiro atoms. The normalized spacial score (nSPS) is 13.1. The first kappa shape index (κ1) is 15.5. The van der Waals surface area contributed by atoms with E-state index in [0.717, 1.165) is 24.6 Å². The maximum Gasteiger partial charge on any atom is 0.266 e. The van der Waals surface area contributed by atoms with Gasteiger partial charge in [0.1, 0.15) is 10.7 Å². The molecule has 0 fully saturated rings. The molecular formula is C14H18FN3O2S. The van der Waals surface area contributed by atoms with Crippen LogP contribution in [0, 0.1) is 5.82 Å². The fraction of sp³-hybridized carbons (Fsp3) is 0.357. The van der Waals surface area contributed by atoms with Crippen LogP contribution in [0.3, 0.4) is 0 Å². The Kier molecular flexibility index (Phi) is 4.62. The van der Waals surface area contributed by atoms with Crippen LogP contribution in [0.1, 0.15) is 38.3 Å². The molecule has 0 unspecified atom stereocenters. The van der Waals surface area contributed by atoms with Gasteiger partial charge in [0, 0.05) is 11.8 Å². The number of benzene rings is 1. The highest BCUT2D eigenvalue weighted by Gasteiger charge is 2.20. The number of H-pyrrole nitrogens is 1. The number of sulfonamides is 1. The average molecular weight is 311 g/mol. The van der Waals surface area contributed by atoms with Crippen LogP contribution < -0.4 is 4.72 Å². The molecule has 0 aliphatic heterocycles. The molecule has 2 aromatic rings. The highest BCUT2D eigenvalue weighted by Crippen LogP contribution is 2.22. The summed E-state index contributed by atoms with van der Waals surface area (Å²) < 4.78 is 40.1. The summed E-state index contributed by atoms with van der Waals surface area (Å²) >= 11 is 0. The number of hydrogen-bond donors (Lipinski definition) is 2. The van der Waals surface area contributed by atoms with Crippen molar-refractivity contribution < 1.29 is 12.8 Å². The van der Waals surface area contributed by atoms with Gasteiger partial charge < -0.3 is 0 Å². The van der Waals surface area contributed by atoms with E-state index in [1.165, 1.54) is 18.2 Å². The molecule has 0 bridgehead atoms. The lowest BCUT2D eigenvalue weighted by atomic mass is 10.0. The molecule has 1 heterocycles. The number of halogens is 1. The topological polar surface area (TPSA) is 74.8 Å². The number of nitrogens with one attached hydrogen (secondary N) is 2. The van der Waals surface area contributed by atoms with E-state index in [0.29, 0.717) is 0 Å². The summed E-state index contributed by atoms with van der Waals surface area (Å²) in [6.45, 7) is 4.11. The smallest absolute Gasteiger partial charge is 0.266 e. The molecule has 0 aliphatic carbocycles. The molecule has 1 aromatic carbocycles. The first-order valence-electron chi connectivity index (χ1n) is 6.76. The standard InChI is InChI=1S/C14H18FN3O2S/c1-3-6-10(2)12-9-14(17-16-12)18-21(19,20)13-8-5-4-7-11(13)15/h4-5,7-10H,3,6H2,1-2H3,(H2,16,17,18)/t10-/m0/s1. The van der Waals surface area contributed by atoms with Crippen LogP contribution in [0.4, 0.5) is 10.2 Å². The summed E-state index contributed by atoms with van der Waals surface area (Å²) in [6, 6.07) is 6.86. The van der Waals surface area contributed by atoms with Gasteiger partial charge in [-0.15, -0.1) is 0 Å². The Morgan fingerprint density at radius 2 is 2.10 bits per heavy atom. The fourth-order valence-corrected chi connectivity index (χ4v) is 3.16. The van der Waals surface area contributed by atoms with Crippen molar-refractivity contribution in [3.63, 3.8) is 0 Å². The summed E-state index contributed by atoms with van der Waals surface area (Å²) in [7, 11) is -3.98. The molecule has 21 heavy (non-hydrogen) atoms. The second-order valence-electron chi connectivity index (χ2n) is 4.93. The highest BCUT2D eigenvalue weighted by atomic mass is 32.2. The van der Waals surface area contributed by atoms with Gasteiger partial charge in [-0.2, -0.15) is 5.10 Å². The summed E-state index contributed by atoms with van der Waals surface area (Å²) in [6.07, 6.45) is 2.00. The molecule has 0 radical (unpaired) electrons. The molecule has 0 aliphatic rings. The molecule has 1 atom stereocenters. The third-order valence-corrected chi connectivity index (χ3v) is 4.60. The van der Waals surface area contributed by atoms with E-state index < -0.39 is 20.7 Å². The summed E-state index contributed by atoms with van der Waals surface area (Å²) in [4.78, 5) is -0.392. The van der Waals surface area contributed by atoms with E-state index in [-0.39, 0.29) is 11.7 Å². The van der Waals surface area contributed by atoms with Crippen LogP contribution in [0.25, 0.3) is 0 Å². The van der Waals surface area contributed by atoms with Crippen LogP contribution in [0.5, 0.6) is 0 Å². The van der Waals surface area contributed by atoms with Crippen molar-refractivity contribution in [3.05, 3.63) is 41.8 Å². The van der Waals surface area contributed by atoms with E-state index in [4.69, 9.17) is 0 Å². The number of nitrogens with zero attached hydrogens (tertiary/aromatic N) is 1. The van der Waals surface area contributed by atoms with E-state index in [2.05, 4.69) is 21.8 Å². The monoisotopic (exact) mass is 311 g/mol. The van der Waals surface area contributed by atoms with Crippen LogP contribution in [0.2, 0.25) is 0 Å². The zero-order valence-corrected chi connectivity index (χ0v) is 12.7. The van der Waals surface area contributed by atoms with Crippen molar-refractivity contribution in [2.75, 3.05) is 4.72 Å². The van der Waals surface area contributed by atoms with Crippen molar-refractivity contribution in [2.45, 2.75) is 37.5 Å². The number of anilines is 1. The van der Waals surface area contributed by atoms with E-state index in [1.807, 2.05) is 6.92 Å². The summed E-state index contributed by atoms with van der Waals surface area (Å²) in [5.41, 5.74) is 0.850. The first-order valence-corrected chi connectivity index (χ1v) is 8.25. The minimum absolute atomic E-state index is 0.163. The second-order valence-corrected chi connectivity index (χ2v) is 6.58. The van der Waals surface area contributed by atoms with Gasteiger partial charge in [-0.1, -0.05) is 32.4 Å². The van der Waals surface area contributed by atoms with Gasteiger partial charge in [-0.25, -0.2) is 12.8 Å². The van der Waals surface area contributed by atoms with Crippen molar-refractivity contribution in [3.8, 4) is 0 Å². The van der Waals surface area contributed by atoms with Crippen molar-refractivity contribution in [1.29, 1.82) is 0 Å². The van der Waals surface area contributed by atoms with Gasteiger partial charge in [0.2, 0.25) is 0 Å². The summed E-state index contributed by atoms with van der Waals surface area (Å²) in [5.74, 6) is -0.370. The number of hydrogen-bond acceptors (Lipinski definition) is 3. The average Bonchev–Trinajstić information content (AvgIpc) is 2.87. The van der Waals surface area contributed by atoms with Gasteiger partial charge in [0.05, 0.1) is 0 Å². The van der Waals surface area contributed by atoms with Gasteiger partial charge in [0.15, 0.2) is 5.82 Å². The van der Waals surface area contributed by atoms with E-state index >= 15 is 0 Å². The Balaban J connectivity index is 2.20. The molecule has 1 aromatic heterocycles. The lowest BCUT2D eigenvalue weighted by Crippen LogP contribution is -2.14. The molecule has 5 nitrogen and oxygen atoms in total. The fourth-order valence-electron chi connectivity index (χ4n) is 2.09. The lowest BCUT2D eigenvalue weighted by molar-refractivity contribution is 0.570. The zero-order valence-electron chi connectivity index (χ0n) is 11.9. The molecule has 0 saturated carbocycles. The number of aromatic nitrogens is 2. The Morgan fingerprint density at radius 1 is 1.38 bits per heavy atom. The Morgan fingerprint density at radius 3 is 2.76 bits per heavy atom. The maximum atomic E-state index is 13.6. The van der Waals surface area contributed by atoms with Crippen LogP contribution in [0.15, 0.2) is 35.2 Å². The van der Waals surface area contributed by atoms with E-state index in [1.54, 1.807) is 6.07 Å². The first-order chi connectivity index (χ1) is 9.94. The maximum absolute atomic E-state index is 13.6. The Hall–Kier alpha value is -1.89. The van der Waals surface area contributed by atoms with Crippen LogP contribution >= 0.6 is 0 Å². The zero-order chi connectivity index (χ0) is 15.5. The molecule has 0 saturated heterocycles. The van der Waals surface area contributed by atoms with Crippen LogP contribution in [-0.2, 0) is 10.0 Å². The molecule has 0 amide bonds. The predicted molar refractivity (Wildman–Crippen MR) is 79.1 cm³/mol. The van der Waals surface area contributed by atoms with Crippen molar-refractivity contribution >= 4 is 15.8 Å². The third-order valence-electron chi connectivity index (χ3n) is 3.22. The lowest BCUT2D eigenvalue weighted by Gasteiger charge is -2.06. The SMILES string of the molecule is CCC[C@H](C)c1cc(NS(=O)(=O)c2ccccc2F)n[nH]1. The quantitative estimate of drug-likeness (QED) is 0.860. The molecule has 114 valence electrons. The largest absolute Gasteiger partial charge is 0.280 e. The third kappa shape index (κ3) is 3.60. The second kappa shape index (κ2) is 6.26. The number of rotatable bonds is 6.